The molecule has 1 aliphatic rings. The number of hydrogen-bond acceptors (Lipinski definition) is 9. The number of rotatable bonds is 17. The van der Waals surface area contributed by atoms with Crippen LogP contribution in [0.1, 0.15) is 71.8 Å². The molecule has 292 valence electrons. The number of primary amides is 1. The molecular formula is C34H56N8O10. The van der Waals surface area contributed by atoms with Gasteiger partial charge in [0.25, 0.3) is 0 Å². The summed E-state index contributed by atoms with van der Waals surface area (Å²) in [6.07, 6.45) is 2.95. The Morgan fingerprint density at radius 3 is 2.08 bits per heavy atom. The Morgan fingerprint density at radius 1 is 0.942 bits per heavy atom. The van der Waals surface area contributed by atoms with Crippen molar-refractivity contribution in [1.82, 2.24) is 31.5 Å². The van der Waals surface area contributed by atoms with E-state index in [0.29, 0.717) is 75.3 Å². The number of amides is 8. The van der Waals surface area contributed by atoms with Gasteiger partial charge in [-0.3, -0.25) is 28.8 Å². The molecule has 1 aromatic carbocycles. The number of hydrogen-bond donors (Lipinski definition) is 8. The molecule has 0 aromatic heterocycles. The molecule has 1 unspecified atom stereocenters. The molecule has 1 aliphatic heterocycles. The Morgan fingerprint density at radius 2 is 1.58 bits per heavy atom. The van der Waals surface area contributed by atoms with Gasteiger partial charge in [-0.1, -0.05) is 32.9 Å². The minimum atomic E-state index is -0.775. The van der Waals surface area contributed by atoms with Crippen LogP contribution in [0.25, 0.3) is 0 Å². The highest BCUT2D eigenvalue weighted by Crippen LogP contribution is 2.18. The van der Waals surface area contributed by atoms with Gasteiger partial charge in [-0.15, -0.1) is 0 Å². The Balaban J connectivity index is 0.000000846. The van der Waals surface area contributed by atoms with Crippen molar-refractivity contribution >= 4 is 53.8 Å². The lowest BCUT2D eigenvalue weighted by molar-refractivity contribution is -0.145. The summed E-state index contributed by atoms with van der Waals surface area (Å²) < 4.78 is 4.93. The summed E-state index contributed by atoms with van der Waals surface area (Å²) in [7, 11) is 1.46. The van der Waals surface area contributed by atoms with Gasteiger partial charge in [-0.25, -0.2) is 9.59 Å². The average molecular weight is 737 g/mol. The number of alkyl carbamates (subject to hydrolysis) is 1. The van der Waals surface area contributed by atoms with Crippen LogP contribution in [0.5, 0.6) is 0 Å². The molecule has 1 atom stereocenters. The molecule has 8 amide bonds. The maximum atomic E-state index is 12.0. The average Bonchev–Trinajstić information content (AvgIpc) is 3.12. The number of likely N-dealkylation sites (tertiary alicyclic amines) is 1. The maximum absolute atomic E-state index is 12.0. The molecule has 0 bridgehead atoms. The smallest absolute Gasteiger partial charge is 0.407 e. The van der Waals surface area contributed by atoms with E-state index in [-0.39, 0.29) is 55.3 Å². The van der Waals surface area contributed by atoms with Crippen molar-refractivity contribution in [3.63, 3.8) is 0 Å². The number of nitrogens with zero attached hydrogens (tertiary/aromatic N) is 1. The molecule has 52 heavy (non-hydrogen) atoms. The molecule has 1 heterocycles. The Bertz CT molecular complexity index is 1290. The molecule has 0 radical (unpaired) electrons. The lowest BCUT2D eigenvalue weighted by Gasteiger charge is -2.30. The van der Waals surface area contributed by atoms with Crippen molar-refractivity contribution in [3.05, 3.63) is 29.8 Å². The van der Waals surface area contributed by atoms with Crippen molar-refractivity contribution in [2.45, 2.75) is 78.9 Å². The largest absolute Gasteiger partial charge is 0.481 e. The van der Waals surface area contributed by atoms with Gasteiger partial charge in [0.05, 0.1) is 19.0 Å². The van der Waals surface area contributed by atoms with E-state index in [2.05, 4.69) is 45.7 Å². The van der Waals surface area contributed by atoms with Crippen molar-refractivity contribution in [1.29, 1.82) is 0 Å². The van der Waals surface area contributed by atoms with Gasteiger partial charge in [0.15, 0.2) is 0 Å². The minimum Gasteiger partial charge on any atom is -0.481 e. The number of ether oxygens (including phenoxy) is 1. The molecular weight excluding hydrogens is 680 g/mol. The highest BCUT2D eigenvalue weighted by atomic mass is 16.5. The third-order valence-electron chi connectivity index (χ3n) is 7.55. The molecule has 1 fully saturated rings. The molecule has 18 heteroatoms. The number of anilines is 1. The first-order valence-corrected chi connectivity index (χ1v) is 17.1. The molecule has 9 N–H and O–H groups in total. The maximum Gasteiger partial charge on any atom is 0.407 e. The highest BCUT2D eigenvalue weighted by Gasteiger charge is 2.26. The van der Waals surface area contributed by atoms with Crippen molar-refractivity contribution in [3.8, 4) is 0 Å². The Hall–Kier alpha value is -5.42. The lowest BCUT2D eigenvalue weighted by atomic mass is 9.97. The van der Waals surface area contributed by atoms with Crippen LogP contribution in [0.15, 0.2) is 24.3 Å². The topological polar surface area (TPSA) is 267 Å². The number of carbonyl (C=O) groups is 8. The van der Waals surface area contributed by atoms with E-state index < -0.39 is 18.1 Å². The van der Waals surface area contributed by atoms with E-state index in [1.165, 1.54) is 7.05 Å². The van der Waals surface area contributed by atoms with Crippen LogP contribution in [0.2, 0.25) is 0 Å². The van der Waals surface area contributed by atoms with Crippen LogP contribution in [0, 0.1) is 11.8 Å². The summed E-state index contributed by atoms with van der Waals surface area (Å²) in [4.78, 5) is 90.0. The second-order valence-corrected chi connectivity index (χ2v) is 12.1. The number of piperidine rings is 1. The fourth-order valence-electron chi connectivity index (χ4n) is 4.14. The van der Waals surface area contributed by atoms with Crippen LogP contribution in [0.3, 0.4) is 0 Å². The van der Waals surface area contributed by atoms with Crippen LogP contribution in [0.4, 0.5) is 15.3 Å². The second kappa shape index (κ2) is 27.3. The zero-order valence-corrected chi connectivity index (χ0v) is 30.8. The molecule has 2 rings (SSSR count). The van der Waals surface area contributed by atoms with Gasteiger partial charge in [0, 0.05) is 51.3 Å². The highest BCUT2D eigenvalue weighted by molar-refractivity contribution is 5.93. The predicted octanol–water partition coefficient (Wildman–Crippen LogP) is 1.05. The van der Waals surface area contributed by atoms with Gasteiger partial charge in [-0.2, -0.15) is 0 Å². The fraction of sp³-hybridized carbons (Fsp3) is 0.588. The molecule has 0 aliphatic carbocycles. The standard InChI is InChI=1S/C16H28N2O4.C14H18N4O5.C4H10N2O/c1-11(2)12(3)17-14(19)5-4-6-15(20)18-9-7-13(8-10-18)16(21)22;1-15-12(20)7-17-14(22)23-8-10-2-4-11(5-3-10)18-13(21)6-16-9-19;1-2-3-6-4(5)7/h11-13H,4-10H2,1-3H3,(H,17,19)(H,21,22);2-5,9H,6-8H2,1H3,(H,15,20)(H,16,19)(H,17,22)(H,18,21);2-3H2,1H3,(H3,5,6,7). The number of nitrogens with two attached hydrogens (primary N) is 1. The van der Waals surface area contributed by atoms with Gasteiger partial charge >= 0.3 is 18.1 Å². The first kappa shape index (κ1) is 46.6. The summed E-state index contributed by atoms with van der Waals surface area (Å²) in [5.41, 5.74) is 5.99. The lowest BCUT2D eigenvalue weighted by Crippen LogP contribution is -2.40. The Kier molecular flexibility index (Phi) is 24.5. The van der Waals surface area contributed by atoms with Crippen LogP contribution < -0.4 is 37.6 Å². The first-order chi connectivity index (χ1) is 24.6. The van der Waals surface area contributed by atoms with Gasteiger partial charge in [0.2, 0.25) is 30.0 Å². The van der Waals surface area contributed by atoms with E-state index in [1.807, 2.05) is 13.8 Å². The zero-order chi connectivity index (χ0) is 39.5. The number of urea groups is 1. The zero-order valence-electron chi connectivity index (χ0n) is 30.8. The van der Waals surface area contributed by atoms with Gasteiger partial charge in [-0.05, 0) is 56.2 Å². The van der Waals surface area contributed by atoms with Gasteiger partial charge < -0.3 is 52.4 Å². The monoisotopic (exact) mass is 736 g/mol. The van der Waals surface area contributed by atoms with Crippen LogP contribution in [-0.2, 0) is 40.1 Å². The summed E-state index contributed by atoms with van der Waals surface area (Å²) in [5, 5.41) is 23.8. The van der Waals surface area contributed by atoms with E-state index in [0.717, 1.165) is 6.42 Å². The van der Waals surface area contributed by atoms with E-state index in [9.17, 15) is 38.4 Å². The van der Waals surface area contributed by atoms with E-state index in [1.54, 1.807) is 29.2 Å². The van der Waals surface area contributed by atoms with E-state index >= 15 is 0 Å². The van der Waals surface area contributed by atoms with Crippen LogP contribution in [-0.4, -0.2) is 104 Å². The first-order valence-electron chi connectivity index (χ1n) is 17.1. The summed E-state index contributed by atoms with van der Waals surface area (Å²) in [5.74, 6) is -1.38. The number of aliphatic carboxylic acids is 1. The Labute approximate surface area is 304 Å². The fourth-order valence-corrected chi connectivity index (χ4v) is 4.14. The quantitative estimate of drug-likeness (QED) is 0.105. The normalized spacial score (nSPS) is 12.6. The molecule has 1 saturated heterocycles. The third kappa shape index (κ3) is 23.1. The predicted molar refractivity (Wildman–Crippen MR) is 193 cm³/mol. The molecule has 1 aromatic rings. The molecule has 0 spiro atoms. The summed E-state index contributed by atoms with van der Waals surface area (Å²) in [6, 6.07) is 6.32. The summed E-state index contributed by atoms with van der Waals surface area (Å²) in [6.45, 7) is 9.49. The third-order valence-corrected chi connectivity index (χ3v) is 7.55. The van der Waals surface area contributed by atoms with Gasteiger partial charge in [0.1, 0.15) is 6.61 Å². The van der Waals surface area contributed by atoms with Crippen molar-refractivity contribution in [2.24, 2.45) is 17.6 Å². The SMILES string of the molecule is CC(C)C(C)NC(=O)CCCC(=O)N1CCC(C(=O)O)CC1.CCCNC(N)=O.CNC(=O)CNC(=O)OCc1ccc(NC(=O)CNC=O)cc1. The number of benzene rings is 1. The minimum absolute atomic E-state index is 0.0152. The molecule has 0 saturated carbocycles. The number of carboxylic acid groups (broad SMARTS) is 1. The second-order valence-electron chi connectivity index (χ2n) is 12.1. The van der Waals surface area contributed by atoms with Crippen molar-refractivity contribution < 1.29 is 48.2 Å². The number of likely N-dealkylation sites (N-methyl/N-ethyl adjacent to an activating group) is 1. The number of carboxylic acids is 1. The van der Waals surface area contributed by atoms with Crippen molar-refractivity contribution in [2.75, 3.05) is 45.1 Å². The number of nitrogens with one attached hydrogen (secondary N) is 6. The number of carbonyl (C=O) groups excluding carboxylic acids is 7. The van der Waals surface area contributed by atoms with Crippen LogP contribution >= 0.6 is 0 Å². The summed E-state index contributed by atoms with van der Waals surface area (Å²) >= 11 is 0. The van der Waals surface area contributed by atoms with E-state index in [4.69, 9.17) is 15.6 Å². The molecule has 18 nitrogen and oxygen atoms in total.